The van der Waals surface area contributed by atoms with Gasteiger partial charge in [0.05, 0.1) is 4.90 Å². The summed E-state index contributed by atoms with van der Waals surface area (Å²) < 4.78 is 22.1. The van der Waals surface area contributed by atoms with Crippen molar-refractivity contribution in [1.29, 1.82) is 0 Å². The zero-order chi connectivity index (χ0) is 9.19. The molecule has 0 saturated heterocycles. The first-order chi connectivity index (χ1) is 5.55. The van der Waals surface area contributed by atoms with Gasteiger partial charge in [0, 0.05) is 6.26 Å². The van der Waals surface area contributed by atoms with Crippen LogP contribution >= 0.6 is 0 Å². The second kappa shape index (κ2) is 3.02. The molecule has 63 valence electrons. The van der Waals surface area contributed by atoms with Crippen molar-refractivity contribution in [2.24, 2.45) is 5.11 Å². The molecule has 12 heavy (non-hydrogen) atoms. The minimum Gasteiger partial charge on any atom is -0.224 e. The predicted molar refractivity (Wildman–Crippen MR) is 43.8 cm³/mol. The molecular weight excluding hydrogens is 176 g/mol. The molecule has 0 amide bonds. The topological polar surface area (TPSA) is 68.8 Å². The highest BCUT2D eigenvalue weighted by Crippen LogP contribution is 2.22. The van der Waals surface area contributed by atoms with E-state index in [1.165, 1.54) is 12.1 Å². The first-order valence-corrected chi connectivity index (χ1v) is 5.09. The van der Waals surface area contributed by atoms with Gasteiger partial charge in [0.25, 0.3) is 0 Å². The molecule has 1 rings (SSSR count). The van der Waals surface area contributed by atoms with Gasteiger partial charge in [0.15, 0.2) is 9.84 Å². The molecule has 0 fully saturated rings. The fourth-order valence-electron chi connectivity index (χ4n) is 0.853. The molecule has 0 saturated carbocycles. The average Bonchev–Trinajstić information content (AvgIpc) is 2.03. The first kappa shape index (κ1) is 8.86. The van der Waals surface area contributed by atoms with Crippen LogP contribution in [0.1, 0.15) is 0 Å². The van der Waals surface area contributed by atoms with E-state index in [4.69, 9.17) is 5.53 Å². The summed E-state index contributed by atoms with van der Waals surface area (Å²) in [5.41, 5.74) is 8.51. The minimum absolute atomic E-state index is 0.0347. The van der Waals surface area contributed by atoms with E-state index in [-0.39, 0.29) is 10.6 Å². The van der Waals surface area contributed by atoms with Crippen LogP contribution in [-0.2, 0) is 9.84 Å². The average molecular weight is 183 g/mol. The predicted octanol–water partition coefficient (Wildman–Crippen LogP) is 0.974. The van der Waals surface area contributed by atoms with Gasteiger partial charge in [0.2, 0.25) is 0 Å². The first-order valence-electron chi connectivity index (χ1n) is 3.20. The van der Waals surface area contributed by atoms with E-state index >= 15 is 0 Å². The summed E-state index contributed by atoms with van der Waals surface area (Å²) in [6, 6.07) is 6.00. The number of hydrogen-bond acceptors (Lipinski definition) is 3. The van der Waals surface area contributed by atoms with Crippen molar-refractivity contribution in [2.45, 2.75) is 4.90 Å². The van der Waals surface area contributed by atoms with Gasteiger partial charge in [-0.25, -0.2) is 8.42 Å². The minimum atomic E-state index is -3.30. The Labute approximate surface area is 70.7 Å². The highest BCUT2D eigenvalue weighted by Gasteiger charge is 2.11. The Morgan fingerprint density at radius 1 is 1.33 bits per heavy atom. The van der Waals surface area contributed by atoms with Crippen LogP contribution in [-0.4, -0.2) is 14.7 Å². The van der Waals surface area contributed by atoms with Crippen molar-refractivity contribution in [2.75, 3.05) is 6.26 Å². The lowest BCUT2D eigenvalue weighted by atomic mass is 10.3. The Hall–Kier alpha value is -1.23. The normalized spacial score (nSPS) is 11.1. The maximum atomic E-state index is 11.0. The van der Waals surface area contributed by atoms with Gasteiger partial charge in [-0.1, -0.05) is 12.1 Å². The summed E-state index contributed by atoms with van der Waals surface area (Å²) in [5, 5.41) is 2.86. The van der Waals surface area contributed by atoms with Crippen LogP contribution in [0.3, 0.4) is 0 Å². The van der Waals surface area contributed by atoms with Crippen LogP contribution in [0.25, 0.3) is 0 Å². The van der Waals surface area contributed by atoms with Gasteiger partial charge in [-0.3, -0.25) is 0 Å². The van der Waals surface area contributed by atoms with Crippen molar-refractivity contribution >= 4 is 15.5 Å². The smallest absolute Gasteiger partial charge is 0.177 e. The molecule has 0 bridgehead atoms. The molecule has 1 aromatic rings. The zero-order valence-electron chi connectivity index (χ0n) is 6.43. The molecule has 4 nitrogen and oxygen atoms in total. The van der Waals surface area contributed by atoms with Crippen LogP contribution in [0.2, 0.25) is 0 Å². The van der Waals surface area contributed by atoms with Crippen LogP contribution in [0.15, 0.2) is 34.3 Å². The van der Waals surface area contributed by atoms with Gasteiger partial charge in [-0.15, -0.1) is 5.11 Å². The highest BCUT2D eigenvalue weighted by atomic mass is 32.2. The Kier molecular flexibility index (Phi) is 2.23. The van der Waals surface area contributed by atoms with E-state index in [0.29, 0.717) is 0 Å². The molecular formula is C7H7N2O2S. The van der Waals surface area contributed by atoms with E-state index in [9.17, 15) is 8.42 Å². The van der Waals surface area contributed by atoms with E-state index in [0.717, 1.165) is 6.26 Å². The summed E-state index contributed by atoms with van der Waals surface area (Å²) in [4.78, 5) is 0.0347. The molecule has 0 spiro atoms. The third-order valence-electron chi connectivity index (χ3n) is 1.37. The summed E-state index contributed by atoms with van der Waals surface area (Å²) in [6.45, 7) is 0. The monoisotopic (exact) mass is 183 g/mol. The Balaban J connectivity index is 3.43. The number of benzene rings is 1. The van der Waals surface area contributed by atoms with Crippen molar-refractivity contribution < 1.29 is 8.42 Å². The molecule has 0 aliphatic rings. The maximum Gasteiger partial charge on any atom is 0.177 e. The lowest BCUT2D eigenvalue weighted by molar-refractivity contribution is 0.602. The second-order valence-corrected chi connectivity index (χ2v) is 4.32. The molecule has 0 heterocycles. The summed E-state index contributed by atoms with van der Waals surface area (Å²) >= 11 is 0. The maximum absolute atomic E-state index is 11.0. The fourth-order valence-corrected chi connectivity index (χ4v) is 1.67. The van der Waals surface area contributed by atoms with Gasteiger partial charge < -0.3 is 0 Å². The van der Waals surface area contributed by atoms with Crippen molar-refractivity contribution in [3.8, 4) is 0 Å². The summed E-state index contributed by atoms with van der Waals surface area (Å²) in [5.74, 6) is 0. The molecule has 0 N–H and O–H groups in total. The molecule has 0 aliphatic heterocycles. The quantitative estimate of drug-likeness (QED) is 0.641. The largest absolute Gasteiger partial charge is 0.224 e. The molecule has 0 aliphatic carbocycles. The van der Waals surface area contributed by atoms with Crippen molar-refractivity contribution in [3.63, 3.8) is 0 Å². The number of rotatable bonds is 2. The lowest BCUT2D eigenvalue weighted by Crippen LogP contribution is -1.96. The zero-order valence-corrected chi connectivity index (χ0v) is 7.25. The van der Waals surface area contributed by atoms with Crippen molar-refractivity contribution in [1.82, 2.24) is 5.53 Å². The number of nitrogens with zero attached hydrogens (tertiary/aromatic N) is 2. The van der Waals surface area contributed by atoms with Crippen LogP contribution < -0.4 is 5.53 Å². The summed E-state index contributed by atoms with van der Waals surface area (Å²) in [7, 11) is -3.30. The van der Waals surface area contributed by atoms with E-state index in [1.54, 1.807) is 12.1 Å². The standard InChI is InChI=1S/C7H7N2O2S/c1-12(10,11)7-5-3-2-4-6(7)9-8/h2-5H,1H3. The van der Waals surface area contributed by atoms with E-state index in [1.807, 2.05) is 0 Å². The van der Waals surface area contributed by atoms with E-state index < -0.39 is 9.84 Å². The van der Waals surface area contributed by atoms with E-state index in [2.05, 4.69) is 5.11 Å². The SMILES string of the molecule is CS(=O)(=O)c1ccccc1N=[N]. The van der Waals surface area contributed by atoms with Gasteiger partial charge in [-0.2, -0.15) is 0 Å². The Morgan fingerprint density at radius 3 is 2.33 bits per heavy atom. The van der Waals surface area contributed by atoms with Crippen LogP contribution in [0.5, 0.6) is 0 Å². The number of hydrogen-bond donors (Lipinski definition) is 0. The Morgan fingerprint density at radius 2 is 1.92 bits per heavy atom. The molecule has 0 atom stereocenters. The third-order valence-corrected chi connectivity index (χ3v) is 2.52. The molecule has 1 aromatic carbocycles. The summed E-state index contributed by atoms with van der Waals surface area (Å²) in [6.07, 6.45) is 1.07. The Bertz CT molecular complexity index is 398. The molecule has 5 heteroatoms. The number of sulfone groups is 1. The van der Waals surface area contributed by atoms with Crippen molar-refractivity contribution in [3.05, 3.63) is 24.3 Å². The van der Waals surface area contributed by atoms with Gasteiger partial charge in [-0.05, 0) is 17.7 Å². The molecule has 0 unspecified atom stereocenters. The van der Waals surface area contributed by atoms with Crippen LogP contribution in [0.4, 0.5) is 5.69 Å². The van der Waals surface area contributed by atoms with Crippen LogP contribution in [0, 0.1) is 0 Å². The highest BCUT2D eigenvalue weighted by molar-refractivity contribution is 7.90. The third kappa shape index (κ3) is 1.68. The fraction of sp³-hybridized carbons (Fsp3) is 0.143. The second-order valence-electron chi connectivity index (χ2n) is 2.34. The van der Waals surface area contributed by atoms with Gasteiger partial charge in [0.1, 0.15) is 5.69 Å². The molecule has 0 aromatic heterocycles. The van der Waals surface area contributed by atoms with Gasteiger partial charge >= 0.3 is 0 Å². The molecule has 1 radical (unpaired) electrons. The lowest BCUT2D eigenvalue weighted by Gasteiger charge is -1.99.